The standard InChI is InChI=1S/C15H31NO3/c1-13(2)11-18-8-5-15(6-9-19-14(15)3)12-16-7-10-17-4/h13-14,16H,5-12H2,1-4H3. The van der Waals surface area contributed by atoms with Crippen molar-refractivity contribution in [1.82, 2.24) is 5.32 Å². The molecule has 0 aliphatic carbocycles. The molecule has 0 spiro atoms. The van der Waals surface area contributed by atoms with Gasteiger partial charge in [0.25, 0.3) is 0 Å². The van der Waals surface area contributed by atoms with E-state index < -0.39 is 0 Å². The molecule has 1 saturated heterocycles. The van der Waals surface area contributed by atoms with Crippen LogP contribution in [0.3, 0.4) is 0 Å². The lowest BCUT2D eigenvalue weighted by atomic mass is 9.78. The van der Waals surface area contributed by atoms with Crippen LogP contribution in [0, 0.1) is 11.3 Å². The summed E-state index contributed by atoms with van der Waals surface area (Å²) in [6.07, 6.45) is 2.50. The maximum Gasteiger partial charge on any atom is 0.0617 e. The number of rotatable bonds is 10. The molecular formula is C15H31NO3. The summed E-state index contributed by atoms with van der Waals surface area (Å²) in [4.78, 5) is 0. The quantitative estimate of drug-likeness (QED) is 0.619. The largest absolute Gasteiger partial charge is 0.383 e. The van der Waals surface area contributed by atoms with Crippen LogP contribution in [0.25, 0.3) is 0 Å². The maximum absolute atomic E-state index is 5.78. The lowest BCUT2D eigenvalue weighted by Crippen LogP contribution is -2.41. The van der Waals surface area contributed by atoms with Crippen molar-refractivity contribution in [1.29, 1.82) is 0 Å². The first-order chi connectivity index (χ1) is 9.10. The number of ether oxygens (including phenoxy) is 3. The van der Waals surface area contributed by atoms with Gasteiger partial charge in [0.05, 0.1) is 12.7 Å². The summed E-state index contributed by atoms with van der Waals surface area (Å²) < 4.78 is 16.6. The van der Waals surface area contributed by atoms with Crippen LogP contribution in [0.4, 0.5) is 0 Å². The zero-order valence-electron chi connectivity index (χ0n) is 13.0. The molecule has 19 heavy (non-hydrogen) atoms. The number of methoxy groups -OCH3 is 1. The second-order valence-corrected chi connectivity index (χ2v) is 6.01. The van der Waals surface area contributed by atoms with E-state index >= 15 is 0 Å². The van der Waals surface area contributed by atoms with Crippen molar-refractivity contribution in [3.8, 4) is 0 Å². The minimum absolute atomic E-state index is 0.227. The van der Waals surface area contributed by atoms with Gasteiger partial charge in [-0.05, 0) is 25.7 Å². The Hall–Kier alpha value is -0.160. The van der Waals surface area contributed by atoms with Gasteiger partial charge < -0.3 is 19.5 Å². The lowest BCUT2D eigenvalue weighted by Gasteiger charge is -2.32. The fourth-order valence-corrected chi connectivity index (χ4v) is 2.57. The normalized spacial score (nSPS) is 27.3. The van der Waals surface area contributed by atoms with Gasteiger partial charge in [-0.3, -0.25) is 0 Å². The van der Waals surface area contributed by atoms with Crippen molar-refractivity contribution in [2.75, 3.05) is 46.6 Å². The highest BCUT2D eigenvalue weighted by molar-refractivity contribution is 4.91. The number of hydrogen-bond acceptors (Lipinski definition) is 4. The predicted molar refractivity (Wildman–Crippen MR) is 77.5 cm³/mol. The zero-order chi connectivity index (χ0) is 14.1. The van der Waals surface area contributed by atoms with Gasteiger partial charge in [0, 0.05) is 45.4 Å². The Morgan fingerprint density at radius 3 is 2.74 bits per heavy atom. The molecule has 1 aliphatic rings. The van der Waals surface area contributed by atoms with Crippen LogP contribution in [0.2, 0.25) is 0 Å². The van der Waals surface area contributed by atoms with E-state index in [2.05, 4.69) is 26.1 Å². The number of hydrogen-bond donors (Lipinski definition) is 1. The molecule has 0 aromatic carbocycles. The Bertz CT molecular complexity index is 235. The van der Waals surface area contributed by atoms with Crippen LogP contribution in [0.15, 0.2) is 0 Å². The molecule has 0 amide bonds. The summed E-state index contributed by atoms with van der Waals surface area (Å²) in [5.74, 6) is 0.605. The molecule has 0 aromatic rings. The molecule has 0 saturated carbocycles. The predicted octanol–water partition coefficient (Wildman–Crippen LogP) is 2.08. The van der Waals surface area contributed by atoms with Gasteiger partial charge in [-0.15, -0.1) is 0 Å². The second-order valence-electron chi connectivity index (χ2n) is 6.01. The van der Waals surface area contributed by atoms with Gasteiger partial charge >= 0.3 is 0 Å². The molecule has 0 bridgehead atoms. The second kappa shape index (κ2) is 8.90. The summed E-state index contributed by atoms with van der Waals surface area (Å²) in [5.41, 5.74) is 0.227. The molecule has 1 rings (SSSR count). The van der Waals surface area contributed by atoms with Crippen molar-refractivity contribution >= 4 is 0 Å². The van der Waals surface area contributed by atoms with Crippen LogP contribution in [-0.2, 0) is 14.2 Å². The molecule has 1 aliphatic heterocycles. The van der Waals surface area contributed by atoms with Crippen LogP contribution in [-0.4, -0.2) is 52.7 Å². The summed E-state index contributed by atoms with van der Waals surface area (Å²) in [5, 5.41) is 3.49. The van der Waals surface area contributed by atoms with Crippen LogP contribution in [0.5, 0.6) is 0 Å². The van der Waals surface area contributed by atoms with Crippen LogP contribution in [0.1, 0.15) is 33.6 Å². The summed E-state index contributed by atoms with van der Waals surface area (Å²) in [7, 11) is 1.73. The minimum Gasteiger partial charge on any atom is -0.383 e. The van der Waals surface area contributed by atoms with E-state index in [0.29, 0.717) is 12.0 Å². The zero-order valence-corrected chi connectivity index (χ0v) is 13.0. The number of nitrogens with one attached hydrogen (secondary N) is 1. The molecule has 1 N–H and O–H groups in total. The van der Waals surface area contributed by atoms with Crippen molar-refractivity contribution in [2.24, 2.45) is 11.3 Å². The fraction of sp³-hybridized carbons (Fsp3) is 1.00. The molecule has 114 valence electrons. The third kappa shape index (κ3) is 5.78. The summed E-state index contributed by atoms with van der Waals surface area (Å²) >= 11 is 0. The van der Waals surface area contributed by atoms with Gasteiger partial charge in [0.2, 0.25) is 0 Å². The van der Waals surface area contributed by atoms with E-state index in [-0.39, 0.29) is 5.41 Å². The van der Waals surface area contributed by atoms with Crippen molar-refractivity contribution in [3.63, 3.8) is 0 Å². The Labute approximate surface area is 118 Å². The Morgan fingerprint density at radius 1 is 1.37 bits per heavy atom. The highest BCUT2D eigenvalue weighted by Crippen LogP contribution is 2.37. The van der Waals surface area contributed by atoms with Gasteiger partial charge in [-0.25, -0.2) is 0 Å². The molecule has 0 aromatic heterocycles. The third-order valence-corrected chi connectivity index (χ3v) is 3.99. The summed E-state index contributed by atoms with van der Waals surface area (Å²) in [6.45, 7) is 11.8. The topological polar surface area (TPSA) is 39.7 Å². The van der Waals surface area contributed by atoms with Gasteiger partial charge in [-0.1, -0.05) is 13.8 Å². The molecule has 4 heteroatoms. The average molecular weight is 273 g/mol. The van der Waals surface area contributed by atoms with E-state index in [1.807, 2.05) is 0 Å². The first kappa shape index (κ1) is 16.9. The Balaban J connectivity index is 2.33. The van der Waals surface area contributed by atoms with Crippen molar-refractivity contribution < 1.29 is 14.2 Å². The molecular weight excluding hydrogens is 242 g/mol. The van der Waals surface area contributed by atoms with Gasteiger partial charge in [0.1, 0.15) is 0 Å². The maximum atomic E-state index is 5.78. The van der Waals surface area contributed by atoms with Gasteiger partial charge in [-0.2, -0.15) is 0 Å². The van der Waals surface area contributed by atoms with E-state index in [4.69, 9.17) is 14.2 Å². The lowest BCUT2D eigenvalue weighted by molar-refractivity contribution is 0.0274. The molecule has 1 fully saturated rings. The van der Waals surface area contributed by atoms with Crippen molar-refractivity contribution in [3.05, 3.63) is 0 Å². The SMILES string of the molecule is COCCNCC1(CCOCC(C)C)CCOC1C. The van der Waals surface area contributed by atoms with Crippen LogP contribution >= 0.6 is 0 Å². The first-order valence-electron chi connectivity index (χ1n) is 7.50. The van der Waals surface area contributed by atoms with Crippen LogP contribution < -0.4 is 5.32 Å². The van der Waals surface area contributed by atoms with Crippen molar-refractivity contribution in [2.45, 2.75) is 39.7 Å². The van der Waals surface area contributed by atoms with E-state index in [1.54, 1.807) is 7.11 Å². The first-order valence-corrected chi connectivity index (χ1v) is 7.50. The smallest absolute Gasteiger partial charge is 0.0617 e. The van der Waals surface area contributed by atoms with Gasteiger partial charge in [0.15, 0.2) is 0 Å². The average Bonchev–Trinajstić information content (AvgIpc) is 2.73. The molecule has 2 atom stereocenters. The minimum atomic E-state index is 0.227. The fourth-order valence-electron chi connectivity index (χ4n) is 2.57. The highest BCUT2D eigenvalue weighted by atomic mass is 16.5. The van der Waals surface area contributed by atoms with E-state index in [0.717, 1.165) is 52.4 Å². The van der Waals surface area contributed by atoms with E-state index in [9.17, 15) is 0 Å². The van der Waals surface area contributed by atoms with E-state index in [1.165, 1.54) is 0 Å². The molecule has 1 heterocycles. The molecule has 4 nitrogen and oxygen atoms in total. The third-order valence-electron chi connectivity index (χ3n) is 3.99. The Morgan fingerprint density at radius 2 is 2.16 bits per heavy atom. The highest BCUT2D eigenvalue weighted by Gasteiger charge is 2.40. The summed E-state index contributed by atoms with van der Waals surface area (Å²) in [6, 6.07) is 0. The Kier molecular flexibility index (Phi) is 7.91. The molecule has 2 unspecified atom stereocenters. The monoisotopic (exact) mass is 273 g/mol. The molecule has 0 radical (unpaired) electrons.